The van der Waals surface area contributed by atoms with Crippen molar-refractivity contribution in [1.29, 1.82) is 0 Å². The van der Waals surface area contributed by atoms with Crippen molar-refractivity contribution in [3.8, 4) is 11.5 Å². The molecule has 1 saturated heterocycles. The van der Waals surface area contributed by atoms with E-state index in [2.05, 4.69) is 15.2 Å². The number of likely N-dealkylation sites (N-methyl/N-ethyl adjacent to an activating group) is 1. The van der Waals surface area contributed by atoms with Gasteiger partial charge in [-0.25, -0.2) is 0 Å². The van der Waals surface area contributed by atoms with Gasteiger partial charge in [-0.05, 0) is 25.2 Å². The van der Waals surface area contributed by atoms with Crippen LogP contribution in [-0.4, -0.2) is 73.0 Å². The molecule has 0 radical (unpaired) electrons. The molecule has 0 bridgehead atoms. The van der Waals surface area contributed by atoms with Crippen LogP contribution in [0.3, 0.4) is 0 Å². The Balaban J connectivity index is 1.44. The van der Waals surface area contributed by atoms with E-state index in [1.807, 2.05) is 18.0 Å². The maximum atomic E-state index is 13.4. The fraction of sp³-hybridized carbons (Fsp3) is 0.364. The van der Waals surface area contributed by atoms with Crippen LogP contribution in [-0.2, 0) is 0 Å². The van der Waals surface area contributed by atoms with E-state index in [4.69, 9.17) is 21.1 Å². The summed E-state index contributed by atoms with van der Waals surface area (Å²) in [6.45, 7) is 3.88. The zero-order chi connectivity index (χ0) is 22.2. The number of H-pyrrole nitrogens is 1. The average Bonchev–Trinajstić information content (AvgIpc) is 3.21. The quantitative estimate of drug-likeness (QED) is 0.604. The van der Waals surface area contributed by atoms with Gasteiger partial charge in [0.15, 0.2) is 11.5 Å². The van der Waals surface area contributed by atoms with Crippen molar-refractivity contribution >= 4 is 50.7 Å². The van der Waals surface area contributed by atoms with Crippen LogP contribution in [0.4, 0.5) is 5.69 Å². The maximum Gasteiger partial charge on any atom is 0.272 e. The van der Waals surface area contributed by atoms with E-state index in [0.29, 0.717) is 59.1 Å². The standard InChI is InChI=1S/C22H23ClN4O4S/c1-26-3-5-27(6-4-26)22(29)15-11-14(12-17-19(15)31-8-2-7-30-17)24-20(28)16-9-13-10-18(23)32-21(13)25-16/h9-12,25H,2-8H2,1H3,(H,24,28). The van der Waals surface area contributed by atoms with Crippen LogP contribution < -0.4 is 14.8 Å². The Bertz CT molecular complexity index is 1150. The van der Waals surface area contributed by atoms with Crippen molar-refractivity contribution in [3.05, 3.63) is 39.9 Å². The molecule has 5 rings (SSSR count). The van der Waals surface area contributed by atoms with Gasteiger partial charge in [-0.3, -0.25) is 9.59 Å². The predicted molar refractivity (Wildman–Crippen MR) is 125 cm³/mol. The molecule has 0 spiro atoms. The highest BCUT2D eigenvalue weighted by Gasteiger charge is 2.27. The minimum atomic E-state index is -0.308. The molecule has 2 N–H and O–H groups in total. The highest BCUT2D eigenvalue weighted by molar-refractivity contribution is 7.22. The first kappa shape index (κ1) is 21.1. The second-order valence-electron chi connectivity index (χ2n) is 7.97. The summed E-state index contributed by atoms with van der Waals surface area (Å²) in [5.41, 5.74) is 1.30. The molecular formula is C22H23ClN4O4S. The average molecular weight is 475 g/mol. The van der Waals surface area contributed by atoms with Gasteiger partial charge in [-0.1, -0.05) is 11.6 Å². The number of thiophene rings is 1. The first-order chi connectivity index (χ1) is 15.5. The zero-order valence-corrected chi connectivity index (χ0v) is 19.1. The fourth-order valence-corrected chi connectivity index (χ4v) is 5.02. The zero-order valence-electron chi connectivity index (χ0n) is 17.6. The molecule has 10 heteroatoms. The number of hydrogen-bond acceptors (Lipinski definition) is 6. The Hall–Kier alpha value is -2.75. The van der Waals surface area contributed by atoms with Gasteiger partial charge in [0, 0.05) is 49.7 Å². The molecule has 32 heavy (non-hydrogen) atoms. The summed E-state index contributed by atoms with van der Waals surface area (Å²) in [7, 11) is 2.04. The number of aromatic amines is 1. The number of carbonyl (C=O) groups is 2. The molecule has 0 atom stereocenters. The third kappa shape index (κ3) is 4.15. The summed E-state index contributed by atoms with van der Waals surface area (Å²) in [5.74, 6) is 0.486. The summed E-state index contributed by atoms with van der Waals surface area (Å²) in [6.07, 6.45) is 0.723. The molecule has 2 aliphatic rings. The lowest BCUT2D eigenvalue weighted by Gasteiger charge is -2.32. The second-order valence-corrected chi connectivity index (χ2v) is 9.65. The summed E-state index contributed by atoms with van der Waals surface area (Å²) in [6, 6.07) is 6.96. The van der Waals surface area contributed by atoms with Crippen LogP contribution in [0, 0.1) is 0 Å². The van der Waals surface area contributed by atoms with Gasteiger partial charge >= 0.3 is 0 Å². The lowest BCUT2D eigenvalue weighted by Crippen LogP contribution is -2.47. The minimum absolute atomic E-state index is 0.119. The molecule has 1 fully saturated rings. The number of aromatic nitrogens is 1. The number of benzene rings is 1. The Morgan fingerprint density at radius 2 is 1.88 bits per heavy atom. The molecule has 2 aliphatic heterocycles. The van der Waals surface area contributed by atoms with Crippen molar-refractivity contribution in [2.24, 2.45) is 0 Å². The van der Waals surface area contributed by atoms with Crippen LogP contribution in [0.2, 0.25) is 4.34 Å². The number of hydrogen-bond donors (Lipinski definition) is 2. The molecule has 4 heterocycles. The van der Waals surface area contributed by atoms with Crippen molar-refractivity contribution in [2.45, 2.75) is 6.42 Å². The minimum Gasteiger partial charge on any atom is -0.489 e. The molecule has 168 valence electrons. The normalized spacial score (nSPS) is 16.8. The Labute approximate surface area is 194 Å². The largest absolute Gasteiger partial charge is 0.489 e. The number of nitrogens with one attached hydrogen (secondary N) is 2. The molecule has 0 saturated carbocycles. The smallest absolute Gasteiger partial charge is 0.272 e. The molecule has 8 nitrogen and oxygen atoms in total. The number of amides is 2. The van der Waals surface area contributed by atoms with Crippen molar-refractivity contribution in [2.75, 3.05) is 51.8 Å². The molecule has 2 amide bonds. The number of nitrogens with zero attached hydrogens (tertiary/aromatic N) is 2. The van der Waals surface area contributed by atoms with Crippen LogP contribution in [0.15, 0.2) is 24.3 Å². The van der Waals surface area contributed by atoms with E-state index in [-0.39, 0.29) is 11.8 Å². The van der Waals surface area contributed by atoms with Gasteiger partial charge in [0.05, 0.1) is 23.1 Å². The van der Waals surface area contributed by atoms with Crippen LogP contribution in [0.1, 0.15) is 27.3 Å². The summed E-state index contributed by atoms with van der Waals surface area (Å²) >= 11 is 7.40. The van der Waals surface area contributed by atoms with Crippen molar-refractivity contribution in [1.82, 2.24) is 14.8 Å². The first-order valence-electron chi connectivity index (χ1n) is 10.5. The fourth-order valence-electron chi connectivity index (χ4n) is 3.90. The van der Waals surface area contributed by atoms with E-state index < -0.39 is 0 Å². The van der Waals surface area contributed by atoms with Crippen molar-refractivity contribution in [3.63, 3.8) is 0 Å². The van der Waals surface area contributed by atoms with E-state index in [0.717, 1.165) is 29.7 Å². The van der Waals surface area contributed by atoms with Gasteiger partial charge in [-0.2, -0.15) is 0 Å². The monoisotopic (exact) mass is 474 g/mol. The SMILES string of the molecule is CN1CCN(C(=O)c2cc(NC(=O)c3cc4cc(Cl)sc4[nH]3)cc3c2OCCCO3)CC1. The van der Waals surface area contributed by atoms with Crippen molar-refractivity contribution < 1.29 is 19.1 Å². The molecular weight excluding hydrogens is 452 g/mol. The Morgan fingerprint density at radius 3 is 2.66 bits per heavy atom. The van der Waals surface area contributed by atoms with Crippen LogP contribution in [0.5, 0.6) is 11.5 Å². The number of ether oxygens (including phenoxy) is 2. The lowest BCUT2D eigenvalue weighted by molar-refractivity contribution is 0.0659. The first-order valence-corrected chi connectivity index (χ1v) is 11.7. The molecule has 0 unspecified atom stereocenters. The molecule has 1 aromatic carbocycles. The predicted octanol–water partition coefficient (Wildman–Crippen LogP) is 3.68. The van der Waals surface area contributed by atoms with Gasteiger partial charge in [0.1, 0.15) is 10.5 Å². The molecule has 3 aromatic rings. The maximum absolute atomic E-state index is 13.4. The number of piperazine rings is 1. The summed E-state index contributed by atoms with van der Waals surface area (Å²) < 4.78 is 12.4. The van der Waals surface area contributed by atoms with E-state index >= 15 is 0 Å². The number of rotatable bonds is 3. The Kier molecular flexibility index (Phi) is 5.71. The third-order valence-electron chi connectivity index (χ3n) is 5.65. The second kappa shape index (κ2) is 8.65. The number of halogens is 1. The van der Waals surface area contributed by atoms with Gasteiger partial charge < -0.3 is 29.6 Å². The van der Waals surface area contributed by atoms with Gasteiger partial charge in [0.2, 0.25) is 0 Å². The van der Waals surface area contributed by atoms with E-state index in [1.165, 1.54) is 11.3 Å². The highest BCUT2D eigenvalue weighted by Crippen LogP contribution is 2.38. The van der Waals surface area contributed by atoms with E-state index in [1.54, 1.807) is 18.2 Å². The molecule has 0 aliphatic carbocycles. The Morgan fingerprint density at radius 1 is 1.09 bits per heavy atom. The summed E-state index contributed by atoms with van der Waals surface area (Å²) in [5, 5.41) is 3.77. The topological polar surface area (TPSA) is 86.9 Å². The van der Waals surface area contributed by atoms with Crippen LogP contribution in [0.25, 0.3) is 10.2 Å². The lowest BCUT2D eigenvalue weighted by atomic mass is 10.1. The van der Waals surface area contributed by atoms with Crippen LogP contribution >= 0.6 is 22.9 Å². The number of carbonyl (C=O) groups excluding carboxylic acids is 2. The molecule has 2 aromatic heterocycles. The number of fused-ring (bicyclic) bond motifs is 2. The highest BCUT2D eigenvalue weighted by atomic mass is 35.5. The van der Waals surface area contributed by atoms with Gasteiger partial charge in [-0.15, -0.1) is 11.3 Å². The number of anilines is 1. The third-order valence-corrected chi connectivity index (χ3v) is 6.84. The summed E-state index contributed by atoms with van der Waals surface area (Å²) in [4.78, 5) is 34.2. The van der Waals surface area contributed by atoms with Gasteiger partial charge in [0.25, 0.3) is 11.8 Å². The van der Waals surface area contributed by atoms with E-state index in [9.17, 15) is 9.59 Å².